The van der Waals surface area contributed by atoms with Crippen molar-refractivity contribution < 1.29 is 18.7 Å². The molecule has 0 aromatic heterocycles. The van der Waals surface area contributed by atoms with Crippen LogP contribution in [0.1, 0.15) is 23.2 Å². The monoisotopic (exact) mass is 251 g/mol. The van der Waals surface area contributed by atoms with Crippen LogP contribution in [0, 0.1) is 5.82 Å². The molecule has 0 N–H and O–H groups in total. The van der Waals surface area contributed by atoms with Crippen LogP contribution < -0.4 is 4.90 Å². The Bertz CT molecular complexity index is 477. The van der Waals surface area contributed by atoms with Crippen molar-refractivity contribution in [1.82, 2.24) is 0 Å². The first-order chi connectivity index (χ1) is 8.61. The molecule has 1 aromatic rings. The van der Waals surface area contributed by atoms with Crippen molar-refractivity contribution in [1.29, 1.82) is 0 Å². The smallest absolute Gasteiger partial charge is 0.340 e. The van der Waals surface area contributed by atoms with Crippen LogP contribution >= 0.6 is 0 Å². The number of halogens is 1. The predicted molar refractivity (Wildman–Crippen MR) is 64.2 cm³/mol. The SMILES string of the molecule is COC(=O)c1cc(N2CCC(=O)CC2)ccc1F. The molecule has 2 rings (SSSR count). The lowest BCUT2D eigenvalue weighted by atomic mass is 10.1. The summed E-state index contributed by atoms with van der Waals surface area (Å²) in [4.78, 5) is 24.5. The Balaban J connectivity index is 2.24. The summed E-state index contributed by atoms with van der Waals surface area (Å²) in [5.41, 5.74) is 0.663. The average molecular weight is 251 g/mol. The number of piperidine rings is 1. The number of methoxy groups -OCH3 is 1. The van der Waals surface area contributed by atoms with Gasteiger partial charge >= 0.3 is 5.97 Å². The molecule has 0 amide bonds. The van der Waals surface area contributed by atoms with E-state index in [1.54, 1.807) is 6.07 Å². The van der Waals surface area contributed by atoms with E-state index >= 15 is 0 Å². The van der Waals surface area contributed by atoms with Crippen molar-refractivity contribution in [3.63, 3.8) is 0 Å². The number of hydrogen-bond acceptors (Lipinski definition) is 4. The number of anilines is 1. The minimum atomic E-state index is -0.692. The van der Waals surface area contributed by atoms with E-state index in [9.17, 15) is 14.0 Å². The van der Waals surface area contributed by atoms with Crippen LogP contribution in [0.25, 0.3) is 0 Å². The molecule has 5 heteroatoms. The Hall–Kier alpha value is -1.91. The Morgan fingerprint density at radius 1 is 1.33 bits per heavy atom. The molecule has 1 fully saturated rings. The van der Waals surface area contributed by atoms with Crippen LogP contribution in [-0.4, -0.2) is 32.0 Å². The maximum absolute atomic E-state index is 13.5. The van der Waals surface area contributed by atoms with Gasteiger partial charge in [0, 0.05) is 31.6 Å². The number of rotatable bonds is 2. The summed E-state index contributed by atoms with van der Waals surface area (Å²) in [6, 6.07) is 4.33. The molecule has 0 atom stereocenters. The quantitative estimate of drug-likeness (QED) is 0.752. The Morgan fingerprint density at radius 3 is 2.61 bits per heavy atom. The molecule has 1 aliphatic rings. The molecule has 0 bridgehead atoms. The molecule has 96 valence electrons. The fourth-order valence-corrected chi connectivity index (χ4v) is 1.99. The number of benzene rings is 1. The van der Waals surface area contributed by atoms with Crippen LogP contribution in [0.3, 0.4) is 0 Å². The van der Waals surface area contributed by atoms with E-state index in [-0.39, 0.29) is 11.3 Å². The normalized spacial score (nSPS) is 15.7. The Labute approximate surface area is 104 Å². The first kappa shape index (κ1) is 12.5. The first-order valence-corrected chi connectivity index (χ1v) is 5.76. The van der Waals surface area contributed by atoms with Gasteiger partial charge in [0.25, 0.3) is 0 Å². The average Bonchev–Trinajstić information content (AvgIpc) is 2.39. The van der Waals surface area contributed by atoms with E-state index in [0.717, 1.165) is 5.69 Å². The van der Waals surface area contributed by atoms with Gasteiger partial charge in [-0.15, -0.1) is 0 Å². The fourth-order valence-electron chi connectivity index (χ4n) is 1.99. The molecule has 1 aromatic carbocycles. The van der Waals surface area contributed by atoms with Crippen LogP contribution in [0.4, 0.5) is 10.1 Å². The number of Topliss-reactive ketones (excluding diaryl/α,β-unsaturated/α-hetero) is 1. The van der Waals surface area contributed by atoms with Gasteiger partial charge in [-0.3, -0.25) is 4.79 Å². The zero-order valence-electron chi connectivity index (χ0n) is 10.1. The van der Waals surface area contributed by atoms with Gasteiger partial charge in [0.05, 0.1) is 12.7 Å². The molecule has 4 nitrogen and oxygen atoms in total. The molecule has 1 heterocycles. The van der Waals surface area contributed by atoms with E-state index in [0.29, 0.717) is 25.9 Å². The van der Waals surface area contributed by atoms with E-state index in [1.807, 2.05) is 4.90 Å². The number of esters is 1. The lowest BCUT2D eigenvalue weighted by Crippen LogP contribution is -2.33. The lowest BCUT2D eigenvalue weighted by Gasteiger charge is -2.28. The molecule has 1 saturated heterocycles. The minimum Gasteiger partial charge on any atom is -0.465 e. The molecule has 18 heavy (non-hydrogen) atoms. The molecule has 0 spiro atoms. The van der Waals surface area contributed by atoms with E-state index in [4.69, 9.17) is 0 Å². The van der Waals surface area contributed by atoms with Gasteiger partial charge < -0.3 is 9.64 Å². The van der Waals surface area contributed by atoms with Gasteiger partial charge in [0.15, 0.2) is 0 Å². The number of ether oxygens (including phenoxy) is 1. The highest BCUT2D eigenvalue weighted by Gasteiger charge is 2.19. The summed E-state index contributed by atoms with van der Waals surface area (Å²) in [6.07, 6.45) is 0.982. The van der Waals surface area contributed by atoms with Crippen LogP contribution in [0.15, 0.2) is 18.2 Å². The molecule has 0 saturated carbocycles. The predicted octanol–water partition coefficient (Wildman–Crippen LogP) is 1.78. The van der Waals surface area contributed by atoms with Crippen molar-refractivity contribution in [2.45, 2.75) is 12.8 Å². The van der Waals surface area contributed by atoms with E-state index < -0.39 is 11.8 Å². The molecule has 0 unspecified atom stereocenters. The highest BCUT2D eigenvalue weighted by Crippen LogP contribution is 2.22. The van der Waals surface area contributed by atoms with Gasteiger partial charge in [0.1, 0.15) is 11.6 Å². The summed E-state index contributed by atoms with van der Waals surface area (Å²) < 4.78 is 18.0. The summed E-state index contributed by atoms with van der Waals surface area (Å²) in [6.45, 7) is 1.20. The molecular formula is C13H14FNO3. The van der Waals surface area contributed by atoms with Crippen molar-refractivity contribution in [3.05, 3.63) is 29.6 Å². The second kappa shape index (κ2) is 5.16. The van der Waals surface area contributed by atoms with Gasteiger partial charge in [-0.05, 0) is 18.2 Å². The minimum absolute atomic E-state index is 0.0769. The van der Waals surface area contributed by atoms with Gasteiger partial charge in [-0.1, -0.05) is 0 Å². The Morgan fingerprint density at radius 2 is 2.00 bits per heavy atom. The second-order valence-corrected chi connectivity index (χ2v) is 4.18. The highest BCUT2D eigenvalue weighted by atomic mass is 19.1. The van der Waals surface area contributed by atoms with Crippen molar-refractivity contribution >= 4 is 17.4 Å². The number of hydrogen-bond donors (Lipinski definition) is 0. The van der Waals surface area contributed by atoms with Crippen LogP contribution in [0.2, 0.25) is 0 Å². The summed E-state index contributed by atoms with van der Waals surface area (Å²) >= 11 is 0. The van der Waals surface area contributed by atoms with Crippen LogP contribution in [0.5, 0.6) is 0 Å². The number of nitrogens with zero attached hydrogens (tertiary/aromatic N) is 1. The van der Waals surface area contributed by atoms with Crippen molar-refractivity contribution in [2.24, 2.45) is 0 Å². The molecule has 0 aliphatic carbocycles. The molecule has 0 radical (unpaired) electrons. The zero-order valence-corrected chi connectivity index (χ0v) is 10.1. The molecular weight excluding hydrogens is 237 g/mol. The summed E-state index contributed by atoms with van der Waals surface area (Å²) in [7, 11) is 1.22. The van der Waals surface area contributed by atoms with Gasteiger partial charge in [0.2, 0.25) is 0 Å². The van der Waals surface area contributed by atoms with Gasteiger partial charge in [-0.2, -0.15) is 0 Å². The maximum atomic E-state index is 13.5. The van der Waals surface area contributed by atoms with Gasteiger partial charge in [-0.25, -0.2) is 9.18 Å². The third-order valence-corrected chi connectivity index (χ3v) is 3.04. The highest BCUT2D eigenvalue weighted by molar-refractivity contribution is 5.91. The van der Waals surface area contributed by atoms with E-state index in [1.165, 1.54) is 19.2 Å². The maximum Gasteiger partial charge on any atom is 0.340 e. The Kier molecular flexibility index (Phi) is 3.60. The summed E-state index contributed by atoms with van der Waals surface area (Å²) in [5, 5.41) is 0. The third-order valence-electron chi connectivity index (χ3n) is 3.04. The zero-order chi connectivity index (χ0) is 13.1. The second-order valence-electron chi connectivity index (χ2n) is 4.18. The number of carbonyl (C=O) groups excluding carboxylic acids is 2. The fraction of sp³-hybridized carbons (Fsp3) is 0.385. The third kappa shape index (κ3) is 2.50. The van der Waals surface area contributed by atoms with Crippen molar-refractivity contribution in [3.8, 4) is 0 Å². The molecule has 1 aliphatic heterocycles. The largest absolute Gasteiger partial charge is 0.465 e. The number of ketones is 1. The van der Waals surface area contributed by atoms with Crippen molar-refractivity contribution in [2.75, 3.05) is 25.1 Å². The van der Waals surface area contributed by atoms with E-state index in [2.05, 4.69) is 4.74 Å². The first-order valence-electron chi connectivity index (χ1n) is 5.76. The topological polar surface area (TPSA) is 46.6 Å². The lowest BCUT2D eigenvalue weighted by molar-refractivity contribution is -0.119. The number of carbonyl (C=O) groups is 2. The van der Waals surface area contributed by atoms with Crippen LogP contribution in [-0.2, 0) is 9.53 Å². The standard InChI is InChI=1S/C13H14FNO3/c1-18-13(17)11-8-9(2-3-12(11)14)15-6-4-10(16)5-7-15/h2-3,8H,4-7H2,1H3. The summed E-state index contributed by atoms with van der Waals surface area (Å²) in [5.74, 6) is -1.05.